The molecule has 0 bridgehead atoms. The quantitative estimate of drug-likeness (QED) is 0.734. The van der Waals surface area contributed by atoms with Crippen molar-refractivity contribution >= 4 is 5.91 Å². The molecule has 1 aromatic rings. The minimum atomic E-state index is 0.108. The summed E-state index contributed by atoms with van der Waals surface area (Å²) in [5.74, 6) is 0.108. The first-order chi connectivity index (χ1) is 8.63. The van der Waals surface area contributed by atoms with Gasteiger partial charge in [0.2, 0.25) is 5.91 Å². The third-order valence-electron chi connectivity index (χ3n) is 2.70. The monoisotopic (exact) mass is 250 g/mol. The van der Waals surface area contributed by atoms with Crippen LogP contribution < -0.4 is 5.73 Å². The van der Waals surface area contributed by atoms with Crippen LogP contribution >= 0.6 is 0 Å². The van der Waals surface area contributed by atoms with Gasteiger partial charge in [-0.25, -0.2) is 0 Å². The Morgan fingerprint density at radius 2 is 2.17 bits per heavy atom. The van der Waals surface area contributed by atoms with Gasteiger partial charge in [-0.05, 0) is 12.5 Å². The highest BCUT2D eigenvalue weighted by Crippen LogP contribution is 2.06. The smallest absolute Gasteiger partial charge is 0.226 e. The summed E-state index contributed by atoms with van der Waals surface area (Å²) in [5, 5.41) is 0. The molecule has 2 N–H and O–H groups in total. The van der Waals surface area contributed by atoms with Gasteiger partial charge in [-0.3, -0.25) is 4.79 Å². The zero-order valence-corrected chi connectivity index (χ0v) is 11.2. The average Bonchev–Trinajstić information content (AvgIpc) is 2.34. The van der Waals surface area contributed by atoms with Crippen molar-refractivity contribution < 1.29 is 9.53 Å². The summed E-state index contributed by atoms with van der Waals surface area (Å²) in [5.41, 5.74) is 7.54. The van der Waals surface area contributed by atoms with Crippen molar-refractivity contribution in [2.75, 3.05) is 33.4 Å². The Morgan fingerprint density at radius 1 is 1.39 bits per heavy atom. The van der Waals surface area contributed by atoms with E-state index < -0.39 is 0 Å². The molecular formula is C14H22N2O2. The highest BCUT2D eigenvalue weighted by molar-refractivity contribution is 5.78. The van der Waals surface area contributed by atoms with E-state index in [9.17, 15) is 4.79 Å². The molecule has 4 nitrogen and oxygen atoms in total. The standard InChI is InChI=1S/C14H22N2O2/c1-12-4-3-5-13(10-12)11-14(17)16(2)7-9-18-8-6-15/h3-5,10H,6-9,11,15H2,1-2H3. The molecule has 0 aliphatic heterocycles. The lowest BCUT2D eigenvalue weighted by Crippen LogP contribution is -2.31. The molecule has 1 rings (SSSR count). The maximum atomic E-state index is 11.9. The fraction of sp³-hybridized carbons (Fsp3) is 0.500. The van der Waals surface area contributed by atoms with Crippen LogP contribution in [-0.2, 0) is 16.0 Å². The zero-order valence-electron chi connectivity index (χ0n) is 11.2. The number of nitrogens with two attached hydrogens (primary N) is 1. The topological polar surface area (TPSA) is 55.6 Å². The fourth-order valence-electron chi connectivity index (χ4n) is 1.64. The molecule has 1 amide bonds. The third-order valence-corrected chi connectivity index (χ3v) is 2.70. The van der Waals surface area contributed by atoms with E-state index in [1.807, 2.05) is 31.2 Å². The number of hydrogen-bond acceptors (Lipinski definition) is 3. The van der Waals surface area contributed by atoms with Crippen molar-refractivity contribution in [2.24, 2.45) is 5.73 Å². The van der Waals surface area contributed by atoms with Crippen LogP contribution in [0.2, 0.25) is 0 Å². The van der Waals surface area contributed by atoms with Gasteiger partial charge in [0.05, 0.1) is 19.6 Å². The summed E-state index contributed by atoms with van der Waals surface area (Å²) in [4.78, 5) is 13.6. The summed E-state index contributed by atoms with van der Waals surface area (Å²) in [7, 11) is 1.80. The van der Waals surface area contributed by atoms with E-state index in [-0.39, 0.29) is 5.91 Å². The third kappa shape index (κ3) is 5.29. The Kier molecular flexibility index (Phi) is 6.39. The molecule has 0 heterocycles. The van der Waals surface area contributed by atoms with Crippen LogP contribution in [0.1, 0.15) is 11.1 Å². The van der Waals surface area contributed by atoms with E-state index >= 15 is 0 Å². The SMILES string of the molecule is Cc1cccc(CC(=O)N(C)CCOCCN)c1. The van der Waals surface area contributed by atoms with E-state index in [1.165, 1.54) is 5.56 Å². The molecule has 0 aromatic heterocycles. The zero-order chi connectivity index (χ0) is 13.4. The Hall–Kier alpha value is -1.39. The highest BCUT2D eigenvalue weighted by atomic mass is 16.5. The molecule has 1 aromatic carbocycles. The molecule has 0 aliphatic rings. The first-order valence-corrected chi connectivity index (χ1v) is 6.21. The number of nitrogens with zero attached hydrogens (tertiary/aromatic N) is 1. The Labute approximate surface area is 109 Å². The van der Waals surface area contributed by atoms with Crippen molar-refractivity contribution in [1.29, 1.82) is 0 Å². The molecule has 0 fully saturated rings. The number of benzene rings is 1. The summed E-state index contributed by atoms with van der Waals surface area (Å²) in [6.07, 6.45) is 0.440. The Balaban J connectivity index is 2.35. The number of hydrogen-bond donors (Lipinski definition) is 1. The van der Waals surface area contributed by atoms with Crippen LogP contribution in [-0.4, -0.2) is 44.2 Å². The van der Waals surface area contributed by atoms with Crippen LogP contribution in [0.4, 0.5) is 0 Å². The number of ether oxygens (including phenoxy) is 1. The van der Waals surface area contributed by atoms with Gasteiger partial charge in [0.1, 0.15) is 0 Å². The summed E-state index contributed by atoms with van der Waals surface area (Å²) >= 11 is 0. The van der Waals surface area contributed by atoms with Crippen LogP contribution in [0.15, 0.2) is 24.3 Å². The van der Waals surface area contributed by atoms with Crippen LogP contribution in [0.3, 0.4) is 0 Å². The van der Waals surface area contributed by atoms with Gasteiger partial charge < -0.3 is 15.4 Å². The average molecular weight is 250 g/mol. The number of carbonyl (C=O) groups excluding carboxylic acids is 1. The van der Waals surface area contributed by atoms with Crippen molar-refractivity contribution in [1.82, 2.24) is 4.90 Å². The van der Waals surface area contributed by atoms with Crippen LogP contribution in [0.5, 0.6) is 0 Å². The van der Waals surface area contributed by atoms with Crippen LogP contribution in [0, 0.1) is 6.92 Å². The van der Waals surface area contributed by atoms with E-state index in [0.717, 1.165) is 5.56 Å². The summed E-state index contributed by atoms with van der Waals surface area (Å²) in [6.45, 7) is 4.22. The van der Waals surface area contributed by atoms with Crippen molar-refractivity contribution in [3.8, 4) is 0 Å². The van der Waals surface area contributed by atoms with Gasteiger partial charge in [0.15, 0.2) is 0 Å². The molecule has 0 spiro atoms. The molecule has 0 saturated heterocycles. The van der Waals surface area contributed by atoms with E-state index in [4.69, 9.17) is 10.5 Å². The van der Waals surface area contributed by atoms with Crippen molar-refractivity contribution in [2.45, 2.75) is 13.3 Å². The minimum absolute atomic E-state index is 0.108. The maximum Gasteiger partial charge on any atom is 0.226 e. The second-order valence-electron chi connectivity index (χ2n) is 4.38. The number of amides is 1. The first kappa shape index (κ1) is 14.7. The van der Waals surface area contributed by atoms with Gasteiger partial charge in [0, 0.05) is 20.1 Å². The molecule has 0 unspecified atom stereocenters. The minimum Gasteiger partial charge on any atom is -0.378 e. The van der Waals surface area contributed by atoms with E-state index in [2.05, 4.69) is 0 Å². The number of rotatable bonds is 7. The highest BCUT2D eigenvalue weighted by Gasteiger charge is 2.09. The molecule has 18 heavy (non-hydrogen) atoms. The van der Waals surface area contributed by atoms with Crippen molar-refractivity contribution in [3.05, 3.63) is 35.4 Å². The Morgan fingerprint density at radius 3 is 2.83 bits per heavy atom. The molecule has 100 valence electrons. The van der Waals surface area contributed by atoms with Gasteiger partial charge in [-0.2, -0.15) is 0 Å². The lowest BCUT2D eigenvalue weighted by molar-refractivity contribution is -0.129. The largest absolute Gasteiger partial charge is 0.378 e. The molecule has 4 heteroatoms. The lowest BCUT2D eigenvalue weighted by atomic mass is 10.1. The van der Waals surface area contributed by atoms with Gasteiger partial charge >= 0.3 is 0 Å². The van der Waals surface area contributed by atoms with E-state index in [1.54, 1.807) is 11.9 Å². The number of likely N-dealkylation sites (N-methyl/N-ethyl adjacent to an activating group) is 1. The Bertz CT molecular complexity index is 380. The fourth-order valence-corrected chi connectivity index (χ4v) is 1.64. The summed E-state index contributed by atoms with van der Waals surface area (Å²) < 4.78 is 5.25. The van der Waals surface area contributed by atoms with Gasteiger partial charge in [0.25, 0.3) is 0 Å². The van der Waals surface area contributed by atoms with Gasteiger partial charge in [-0.15, -0.1) is 0 Å². The molecule has 0 aliphatic carbocycles. The van der Waals surface area contributed by atoms with Gasteiger partial charge in [-0.1, -0.05) is 29.8 Å². The first-order valence-electron chi connectivity index (χ1n) is 6.21. The number of aryl methyl sites for hydroxylation is 1. The molecular weight excluding hydrogens is 228 g/mol. The van der Waals surface area contributed by atoms with Crippen molar-refractivity contribution in [3.63, 3.8) is 0 Å². The predicted octanol–water partition coefficient (Wildman–Crippen LogP) is 0.971. The maximum absolute atomic E-state index is 11.9. The molecule has 0 saturated carbocycles. The normalized spacial score (nSPS) is 10.4. The molecule has 0 atom stereocenters. The second-order valence-corrected chi connectivity index (χ2v) is 4.38. The number of carbonyl (C=O) groups is 1. The molecule has 0 radical (unpaired) electrons. The van der Waals surface area contributed by atoms with Crippen LogP contribution in [0.25, 0.3) is 0 Å². The lowest BCUT2D eigenvalue weighted by Gasteiger charge is -2.17. The van der Waals surface area contributed by atoms with E-state index in [0.29, 0.717) is 32.7 Å². The second kappa shape index (κ2) is 7.84. The summed E-state index contributed by atoms with van der Waals surface area (Å²) in [6, 6.07) is 8.01. The predicted molar refractivity (Wildman–Crippen MR) is 72.4 cm³/mol.